The molecule has 0 aliphatic rings. The molecule has 0 radical (unpaired) electrons. The summed E-state index contributed by atoms with van der Waals surface area (Å²) in [6.07, 6.45) is 1.84. The van der Waals surface area contributed by atoms with Crippen LogP contribution in [0.5, 0.6) is 5.88 Å². The molecule has 0 amide bonds. The van der Waals surface area contributed by atoms with Crippen LogP contribution < -0.4 is 4.74 Å². The van der Waals surface area contributed by atoms with Crippen LogP contribution in [0.2, 0.25) is 0 Å². The van der Waals surface area contributed by atoms with E-state index in [1.54, 1.807) is 0 Å². The molecule has 0 aliphatic carbocycles. The number of aryl methyl sites for hydroxylation is 1. The maximum atomic E-state index is 5.35. The number of hydrogen-bond donors (Lipinski definition) is 1. The first-order valence-electron chi connectivity index (χ1n) is 6.39. The van der Waals surface area contributed by atoms with Gasteiger partial charge < -0.3 is 14.5 Å². The SMILES string of the molecule is CCOCCCc1nc2nc(OCC)ccc2[nH]1. The first-order chi connectivity index (χ1) is 8.83. The summed E-state index contributed by atoms with van der Waals surface area (Å²) < 4.78 is 10.7. The van der Waals surface area contributed by atoms with Crippen LogP contribution in [0.25, 0.3) is 11.2 Å². The number of nitrogens with zero attached hydrogens (tertiary/aromatic N) is 2. The molecule has 1 N–H and O–H groups in total. The number of pyridine rings is 1. The van der Waals surface area contributed by atoms with Crippen LogP contribution in [0.3, 0.4) is 0 Å². The number of nitrogens with one attached hydrogen (secondary N) is 1. The van der Waals surface area contributed by atoms with Crippen molar-refractivity contribution in [3.63, 3.8) is 0 Å². The van der Waals surface area contributed by atoms with Gasteiger partial charge in [0.1, 0.15) is 5.82 Å². The third-order valence-corrected chi connectivity index (χ3v) is 2.57. The smallest absolute Gasteiger partial charge is 0.215 e. The summed E-state index contributed by atoms with van der Waals surface area (Å²) in [6, 6.07) is 3.81. The number of imidazole rings is 1. The van der Waals surface area contributed by atoms with Gasteiger partial charge in [0, 0.05) is 25.7 Å². The Morgan fingerprint density at radius 1 is 1.17 bits per heavy atom. The summed E-state index contributed by atoms with van der Waals surface area (Å²) >= 11 is 0. The van der Waals surface area contributed by atoms with Crippen molar-refractivity contribution < 1.29 is 9.47 Å². The number of hydrogen-bond acceptors (Lipinski definition) is 4. The summed E-state index contributed by atoms with van der Waals surface area (Å²) in [5.74, 6) is 1.57. The third kappa shape index (κ3) is 3.20. The molecule has 2 aromatic rings. The van der Waals surface area contributed by atoms with Crippen molar-refractivity contribution in [1.29, 1.82) is 0 Å². The van der Waals surface area contributed by atoms with Crippen LogP contribution >= 0.6 is 0 Å². The zero-order chi connectivity index (χ0) is 12.8. The first kappa shape index (κ1) is 12.8. The predicted octanol–water partition coefficient (Wildman–Crippen LogP) is 2.33. The van der Waals surface area contributed by atoms with Crippen LogP contribution in [0, 0.1) is 0 Å². The molecule has 0 aliphatic heterocycles. The van der Waals surface area contributed by atoms with E-state index in [0.717, 1.165) is 37.4 Å². The van der Waals surface area contributed by atoms with Crippen molar-refractivity contribution in [2.24, 2.45) is 0 Å². The van der Waals surface area contributed by atoms with Crippen molar-refractivity contribution in [3.05, 3.63) is 18.0 Å². The number of ether oxygens (including phenoxy) is 2. The van der Waals surface area contributed by atoms with E-state index in [2.05, 4.69) is 15.0 Å². The topological polar surface area (TPSA) is 60.0 Å². The first-order valence-corrected chi connectivity index (χ1v) is 6.39. The van der Waals surface area contributed by atoms with Gasteiger partial charge in [-0.1, -0.05) is 0 Å². The van der Waals surface area contributed by atoms with E-state index in [9.17, 15) is 0 Å². The lowest BCUT2D eigenvalue weighted by atomic mass is 10.3. The van der Waals surface area contributed by atoms with Crippen LogP contribution in [0.4, 0.5) is 0 Å². The Morgan fingerprint density at radius 3 is 2.83 bits per heavy atom. The fourth-order valence-corrected chi connectivity index (χ4v) is 1.76. The zero-order valence-electron chi connectivity index (χ0n) is 10.9. The maximum Gasteiger partial charge on any atom is 0.215 e. The third-order valence-electron chi connectivity index (χ3n) is 2.57. The molecule has 2 heterocycles. The number of aromatic amines is 1. The minimum absolute atomic E-state index is 0.615. The summed E-state index contributed by atoms with van der Waals surface area (Å²) in [4.78, 5) is 12.0. The standard InChI is InChI=1S/C13H19N3O2/c1-3-17-9-5-6-11-14-10-7-8-12(18-4-2)16-13(10)15-11/h7-8H,3-6,9H2,1-2H3,(H,14,15,16). The molecule has 2 aromatic heterocycles. The van der Waals surface area contributed by atoms with Crippen LogP contribution in [-0.4, -0.2) is 34.8 Å². The highest BCUT2D eigenvalue weighted by atomic mass is 16.5. The van der Waals surface area contributed by atoms with Gasteiger partial charge in [-0.2, -0.15) is 4.98 Å². The van der Waals surface area contributed by atoms with Crippen molar-refractivity contribution >= 4 is 11.2 Å². The van der Waals surface area contributed by atoms with Crippen molar-refractivity contribution in [1.82, 2.24) is 15.0 Å². The highest BCUT2D eigenvalue weighted by Gasteiger charge is 2.05. The summed E-state index contributed by atoms with van der Waals surface area (Å²) in [6.45, 7) is 6.09. The Bertz CT molecular complexity index is 496. The molecule has 18 heavy (non-hydrogen) atoms. The fourth-order valence-electron chi connectivity index (χ4n) is 1.76. The second-order valence-corrected chi connectivity index (χ2v) is 3.94. The normalized spacial score (nSPS) is 11.0. The monoisotopic (exact) mass is 249 g/mol. The van der Waals surface area contributed by atoms with Crippen molar-refractivity contribution in [2.75, 3.05) is 19.8 Å². The summed E-state index contributed by atoms with van der Waals surface area (Å²) in [5, 5.41) is 0. The van der Waals surface area contributed by atoms with E-state index in [0.29, 0.717) is 18.1 Å². The van der Waals surface area contributed by atoms with Gasteiger partial charge in [-0.05, 0) is 26.3 Å². The van der Waals surface area contributed by atoms with Crippen molar-refractivity contribution in [2.45, 2.75) is 26.7 Å². The van der Waals surface area contributed by atoms with Gasteiger partial charge in [0.2, 0.25) is 5.88 Å². The minimum Gasteiger partial charge on any atom is -0.478 e. The van der Waals surface area contributed by atoms with Gasteiger partial charge in [-0.25, -0.2) is 4.98 Å². The second-order valence-electron chi connectivity index (χ2n) is 3.94. The lowest BCUT2D eigenvalue weighted by Crippen LogP contribution is -1.97. The van der Waals surface area contributed by atoms with E-state index < -0.39 is 0 Å². The highest BCUT2D eigenvalue weighted by Crippen LogP contribution is 2.15. The molecule has 0 unspecified atom stereocenters. The number of rotatable bonds is 7. The lowest BCUT2D eigenvalue weighted by Gasteiger charge is -1.99. The van der Waals surface area contributed by atoms with Gasteiger partial charge in [0.05, 0.1) is 12.1 Å². The average Bonchev–Trinajstić information content (AvgIpc) is 2.77. The molecule has 5 nitrogen and oxygen atoms in total. The van der Waals surface area contributed by atoms with Gasteiger partial charge >= 0.3 is 0 Å². The maximum absolute atomic E-state index is 5.35. The van der Waals surface area contributed by atoms with E-state index in [-0.39, 0.29) is 0 Å². The van der Waals surface area contributed by atoms with Gasteiger partial charge in [-0.15, -0.1) is 0 Å². The summed E-state index contributed by atoms with van der Waals surface area (Å²) in [5.41, 5.74) is 1.66. The Balaban J connectivity index is 2.02. The van der Waals surface area contributed by atoms with E-state index >= 15 is 0 Å². The molecule has 0 aromatic carbocycles. The molecule has 0 saturated heterocycles. The molecular formula is C13H19N3O2. The second kappa shape index (κ2) is 6.35. The molecule has 0 atom stereocenters. The van der Waals surface area contributed by atoms with Gasteiger partial charge in [-0.3, -0.25) is 0 Å². The zero-order valence-corrected chi connectivity index (χ0v) is 10.9. The van der Waals surface area contributed by atoms with Crippen LogP contribution in [0.15, 0.2) is 12.1 Å². The number of H-pyrrole nitrogens is 1. The van der Waals surface area contributed by atoms with E-state index in [1.807, 2.05) is 26.0 Å². The molecule has 5 heteroatoms. The Hall–Kier alpha value is -1.62. The molecule has 98 valence electrons. The molecule has 0 saturated carbocycles. The molecule has 0 bridgehead atoms. The number of aromatic nitrogens is 3. The molecule has 0 spiro atoms. The fraction of sp³-hybridized carbons (Fsp3) is 0.538. The highest BCUT2D eigenvalue weighted by molar-refractivity contribution is 5.71. The van der Waals surface area contributed by atoms with E-state index in [1.165, 1.54) is 0 Å². The Labute approximate surface area is 107 Å². The summed E-state index contributed by atoms with van der Waals surface area (Å²) in [7, 11) is 0. The Morgan fingerprint density at radius 2 is 2.06 bits per heavy atom. The van der Waals surface area contributed by atoms with Crippen molar-refractivity contribution in [3.8, 4) is 5.88 Å². The molecule has 0 fully saturated rings. The van der Waals surface area contributed by atoms with Gasteiger partial charge in [0.15, 0.2) is 5.65 Å². The van der Waals surface area contributed by atoms with Gasteiger partial charge in [0.25, 0.3) is 0 Å². The molecular weight excluding hydrogens is 230 g/mol. The lowest BCUT2D eigenvalue weighted by molar-refractivity contribution is 0.145. The Kier molecular flexibility index (Phi) is 4.52. The quantitative estimate of drug-likeness (QED) is 0.765. The molecule has 2 rings (SSSR count). The largest absolute Gasteiger partial charge is 0.478 e. The average molecular weight is 249 g/mol. The minimum atomic E-state index is 0.615. The number of fused-ring (bicyclic) bond motifs is 1. The van der Waals surface area contributed by atoms with Crippen LogP contribution in [0.1, 0.15) is 26.1 Å². The van der Waals surface area contributed by atoms with Crippen LogP contribution in [-0.2, 0) is 11.2 Å². The van der Waals surface area contributed by atoms with E-state index in [4.69, 9.17) is 9.47 Å². The predicted molar refractivity (Wildman–Crippen MR) is 69.9 cm³/mol.